The van der Waals surface area contributed by atoms with Crippen molar-refractivity contribution in [2.45, 2.75) is 0 Å². The molecule has 0 aliphatic heterocycles. The Labute approximate surface area is 281 Å². The van der Waals surface area contributed by atoms with Gasteiger partial charge in [0.25, 0.3) is 0 Å². The average molecular weight is 636 g/mol. The minimum atomic E-state index is -1.44. The standard InChI is InChI=1S/C44H34N3P/c1-48(2,3)35-23-15-21-33(29-35)41-38-26-12-10-24-36(38)40(37-25-11-13-27-39(37)41)32-20-14-22-34(28-32)44-46-42(30-16-6-4-7-17-30)45-43(47-44)31-18-8-5-9-19-31/h4-29H,1H2,2-3H3. The largest absolute Gasteiger partial charge is 0.208 e. The summed E-state index contributed by atoms with van der Waals surface area (Å²) in [6.45, 7) is 3.11. The Balaban J connectivity index is 1.35. The second-order valence-electron chi connectivity index (χ2n) is 12.7. The Bertz CT molecular complexity index is 2380. The van der Waals surface area contributed by atoms with Crippen LogP contribution in [0.5, 0.6) is 0 Å². The van der Waals surface area contributed by atoms with E-state index in [1.165, 1.54) is 43.5 Å². The van der Waals surface area contributed by atoms with E-state index < -0.39 is 6.89 Å². The molecule has 1 aromatic heterocycles. The van der Waals surface area contributed by atoms with Crippen LogP contribution in [0.25, 0.3) is 78.0 Å². The zero-order valence-corrected chi connectivity index (χ0v) is 27.9. The summed E-state index contributed by atoms with van der Waals surface area (Å²) >= 11 is 0. The van der Waals surface area contributed by atoms with Crippen molar-refractivity contribution in [2.24, 2.45) is 0 Å². The Kier molecular flexibility index (Phi) is 7.56. The molecule has 0 fully saturated rings. The first-order chi connectivity index (χ1) is 23.4. The highest BCUT2D eigenvalue weighted by atomic mass is 31.2. The van der Waals surface area contributed by atoms with Crippen molar-refractivity contribution < 1.29 is 0 Å². The van der Waals surface area contributed by atoms with Crippen LogP contribution in [0.15, 0.2) is 158 Å². The van der Waals surface area contributed by atoms with Crippen molar-refractivity contribution in [3.8, 4) is 56.4 Å². The summed E-state index contributed by atoms with van der Waals surface area (Å²) in [6.07, 6.45) is 4.53. The number of hydrogen-bond donors (Lipinski definition) is 0. The van der Waals surface area contributed by atoms with Gasteiger partial charge in [0.1, 0.15) is 0 Å². The molecule has 7 aromatic carbocycles. The smallest absolute Gasteiger partial charge is 0.164 e. The maximum atomic E-state index is 5.02. The van der Waals surface area contributed by atoms with Crippen LogP contribution in [0.2, 0.25) is 0 Å². The van der Waals surface area contributed by atoms with Crippen LogP contribution in [0.1, 0.15) is 0 Å². The lowest BCUT2D eigenvalue weighted by atomic mass is 9.85. The molecule has 0 atom stereocenters. The molecular formula is C44H34N3P. The molecule has 0 amide bonds. The van der Waals surface area contributed by atoms with E-state index in [9.17, 15) is 0 Å². The Hall–Kier alpha value is -5.63. The molecular weight excluding hydrogens is 601 g/mol. The van der Waals surface area contributed by atoms with Crippen LogP contribution in [0.3, 0.4) is 0 Å². The van der Waals surface area contributed by atoms with Crippen LogP contribution in [-0.4, -0.2) is 34.6 Å². The number of rotatable bonds is 6. The summed E-state index contributed by atoms with van der Waals surface area (Å²) in [5.41, 5.74) is 7.65. The lowest BCUT2D eigenvalue weighted by Gasteiger charge is -2.20. The summed E-state index contributed by atoms with van der Waals surface area (Å²) < 4.78 is 0. The van der Waals surface area contributed by atoms with Gasteiger partial charge < -0.3 is 0 Å². The third-order valence-electron chi connectivity index (χ3n) is 8.87. The maximum absolute atomic E-state index is 5.02. The Morgan fingerprint density at radius 3 is 1.19 bits per heavy atom. The van der Waals surface area contributed by atoms with Crippen LogP contribution in [0, 0.1) is 0 Å². The predicted octanol–water partition coefficient (Wildman–Crippen LogP) is 10.8. The van der Waals surface area contributed by atoms with Crippen molar-refractivity contribution in [1.29, 1.82) is 0 Å². The Morgan fingerprint density at radius 2 is 0.729 bits per heavy atom. The highest BCUT2D eigenvalue weighted by Gasteiger charge is 2.19. The molecule has 230 valence electrons. The van der Waals surface area contributed by atoms with E-state index in [0.717, 1.165) is 22.3 Å². The van der Waals surface area contributed by atoms with Gasteiger partial charge in [-0.1, -0.05) is 159 Å². The van der Waals surface area contributed by atoms with Crippen LogP contribution in [0.4, 0.5) is 0 Å². The third kappa shape index (κ3) is 5.53. The van der Waals surface area contributed by atoms with Crippen LogP contribution >= 0.6 is 6.89 Å². The summed E-state index contributed by atoms with van der Waals surface area (Å²) in [6, 6.07) is 55.4. The summed E-state index contributed by atoms with van der Waals surface area (Å²) in [5.74, 6) is 1.95. The van der Waals surface area contributed by atoms with Gasteiger partial charge in [-0.2, -0.15) is 0 Å². The molecule has 4 heteroatoms. The fraction of sp³-hybridized carbons (Fsp3) is 0.0455. The van der Waals surface area contributed by atoms with Crippen molar-refractivity contribution in [1.82, 2.24) is 15.0 Å². The molecule has 0 bridgehead atoms. The lowest BCUT2D eigenvalue weighted by molar-refractivity contribution is 1.07. The van der Waals surface area contributed by atoms with Gasteiger partial charge >= 0.3 is 0 Å². The van der Waals surface area contributed by atoms with E-state index in [-0.39, 0.29) is 0 Å². The second kappa shape index (κ2) is 12.2. The lowest BCUT2D eigenvalue weighted by Crippen LogP contribution is -2.03. The molecule has 0 spiro atoms. The molecule has 8 rings (SSSR count). The average Bonchev–Trinajstić information content (AvgIpc) is 3.14. The van der Waals surface area contributed by atoms with E-state index in [0.29, 0.717) is 17.5 Å². The monoisotopic (exact) mass is 635 g/mol. The molecule has 48 heavy (non-hydrogen) atoms. The SMILES string of the molecule is C=P(C)(C)c1cccc(-c2c3ccccc3c(-c3cccc(-c4nc(-c5ccccc5)nc(-c5ccccc5)n4)c3)c3ccccc23)c1. The van der Waals surface area contributed by atoms with Gasteiger partial charge in [-0.05, 0) is 74.6 Å². The second-order valence-corrected chi connectivity index (χ2v) is 16.6. The minimum Gasteiger partial charge on any atom is -0.208 e. The quantitative estimate of drug-likeness (QED) is 0.135. The van der Waals surface area contributed by atoms with Gasteiger partial charge in [0.2, 0.25) is 0 Å². The topological polar surface area (TPSA) is 38.7 Å². The summed E-state index contributed by atoms with van der Waals surface area (Å²) in [5, 5.41) is 6.21. The first-order valence-electron chi connectivity index (χ1n) is 16.1. The first kappa shape index (κ1) is 29.8. The number of fused-ring (bicyclic) bond motifs is 2. The van der Waals surface area contributed by atoms with Crippen molar-refractivity contribution in [3.63, 3.8) is 0 Å². The number of aromatic nitrogens is 3. The Morgan fingerprint density at radius 1 is 0.375 bits per heavy atom. The molecule has 0 unspecified atom stereocenters. The molecule has 8 aromatic rings. The fourth-order valence-corrected chi connectivity index (χ4v) is 7.52. The number of hydrogen-bond acceptors (Lipinski definition) is 3. The zero-order valence-electron chi connectivity index (χ0n) is 27.0. The van der Waals surface area contributed by atoms with Gasteiger partial charge in [-0.3, -0.25) is 0 Å². The highest BCUT2D eigenvalue weighted by Crippen LogP contribution is 2.45. The molecule has 3 nitrogen and oxygen atoms in total. The van der Waals surface area contributed by atoms with Gasteiger partial charge in [-0.15, -0.1) is 0 Å². The van der Waals surface area contributed by atoms with E-state index in [1.807, 2.05) is 60.7 Å². The van der Waals surface area contributed by atoms with Crippen molar-refractivity contribution >= 4 is 40.0 Å². The summed E-state index contributed by atoms with van der Waals surface area (Å²) in [4.78, 5) is 14.9. The molecule has 0 aliphatic carbocycles. The van der Waals surface area contributed by atoms with Crippen LogP contribution < -0.4 is 5.30 Å². The van der Waals surface area contributed by atoms with E-state index in [1.54, 1.807) is 0 Å². The minimum absolute atomic E-state index is 0.644. The predicted molar refractivity (Wildman–Crippen MR) is 208 cm³/mol. The maximum Gasteiger partial charge on any atom is 0.164 e. The van der Waals surface area contributed by atoms with Gasteiger partial charge in [0, 0.05) is 16.7 Å². The highest BCUT2D eigenvalue weighted by molar-refractivity contribution is 7.79. The first-order valence-corrected chi connectivity index (χ1v) is 19.0. The third-order valence-corrected chi connectivity index (χ3v) is 10.6. The van der Waals surface area contributed by atoms with Gasteiger partial charge in [0.15, 0.2) is 17.5 Å². The van der Waals surface area contributed by atoms with E-state index in [4.69, 9.17) is 15.0 Å². The summed E-state index contributed by atoms with van der Waals surface area (Å²) in [7, 11) is 0. The number of benzene rings is 7. The van der Waals surface area contributed by atoms with E-state index in [2.05, 4.69) is 117 Å². The molecule has 0 aliphatic rings. The zero-order chi connectivity index (χ0) is 32.7. The molecule has 0 radical (unpaired) electrons. The molecule has 1 heterocycles. The van der Waals surface area contributed by atoms with Crippen molar-refractivity contribution in [3.05, 3.63) is 158 Å². The molecule has 0 saturated carbocycles. The number of nitrogens with zero attached hydrogens (tertiary/aromatic N) is 3. The molecule has 0 saturated heterocycles. The van der Waals surface area contributed by atoms with Crippen molar-refractivity contribution in [2.75, 3.05) is 13.3 Å². The normalized spacial score (nSPS) is 11.6. The van der Waals surface area contributed by atoms with E-state index >= 15 is 0 Å². The van der Waals surface area contributed by atoms with Crippen LogP contribution in [-0.2, 0) is 0 Å². The van der Waals surface area contributed by atoms with Gasteiger partial charge in [-0.25, -0.2) is 15.0 Å². The molecule has 0 N–H and O–H groups in total. The fourth-order valence-electron chi connectivity index (χ4n) is 6.54. The van der Waals surface area contributed by atoms with Gasteiger partial charge in [0.05, 0.1) is 0 Å².